The van der Waals surface area contributed by atoms with Crippen LogP contribution in [0.4, 0.5) is 99.9 Å². The molecule has 0 radical (unpaired) electrons. The molecule has 7 aliphatic rings. The quantitative estimate of drug-likeness (QED) is 0.00645. The first-order chi connectivity index (χ1) is 68.2. The number of fused-ring (bicyclic) bond motifs is 8. The number of aliphatic hydroxyl groups excluding tert-OH is 1. The van der Waals surface area contributed by atoms with E-state index in [4.69, 9.17) is 88.3 Å². The van der Waals surface area contributed by atoms with E-state index in [1.54, 1.807) is 55.5 Å². The number of nitro benzene ring substituents is 2. The Hall–Kier alpha value is -13.3. The van der Waals surface area contributed by atoms with Gasteiger partial charge in [-0.2, -0.15) is 0 Å². The summed E-state index contributed by atoms with van der Waals surface area (Å²) >= 11 is 0. The van der Waals surface area contributed by atoms with Crippen LogP contribution in [0.3, 0.4) is 0 Å². The molecule has 11 aromatic rings. The van der Waals surface area contributed by atoms with Gasteiger partial charge in [0.1, 0.15) is 31.5 Å². The van der Waals surface area contributed by atoms with Gasteiger partial charge in [0.15, 0.2) is 173 Å². The van der Waals surface area contributed by atoms with Crippen molar-refractivity contribution in [2.45, 2.75) is 137 Å². The molecule has 0 unspecified atom stereocenters. The van der Waals surface area contributed by atoms with Crippen LogP contribution in [0.2, 0.25) is 0 Å². The third kappa shape index (κ3) is 29.6. The molecule has 0 spiro atoms. The Bertz CT molecular complexity index is 6690. The summed E-state index contributed by atoms with van der Waals surface area (Å²) in [6.07, 6.45) is -2.21. The molecule has 0 saturated carbocycles. The van der Waals surface area contributed by atoms with Crippen molar-refractivity contribution in [3.63, 3.8) is 0 Å². The number of nitro groups is 2. The molecule has 784 valence electrons. The molecule has 49 heteroatoms. The maximum absolute atomic E-state index is 14.1. The zero-order valence-electron chi connectivity index (χ0n) is 81.0. The van der Waals surface area contributed by atoms with Crippen molar-refractivity contribution >= 4 is 65.1 Å². The number of esters is 1. The molecule has 0 aromatic heterocycles. The van der Waals surface area contributed by atoms with Gasteiger partial charge in [-0.3, -0.25) is 54.1 Å². The first-order valence-corrected chi connectivity index (χ1v) is 41.9. The Balaban J connectivity index is 0.000000369. The van der Waals surface area contributed by atoms with Crippen LogP contribution < -0.4 is 166 Å². The number of alkyl halides is 1. The van der Waals surface area contributed by atoms with Gasteiger partial charge >= 0.3 is 127 Å². The minimum Gasteiger partial charge on any atom is -1.00 e. The third-order valence-corrected chi connectivity index (χ3v) is 21.3. The molecule has 3 saturated heterocycles. The van der Waals surface area contributed by atoms with Gasteiger partial charge < -0.3 is 93.8 Å². The molecular weight excluding hydrogens is 2050 g/mol. The van der Waals surface area contributed by atoms with Gasteiger partial charge in [-0.1, -0.05) is 59.5 Å². The van der Waals surface area contributed by atoms with Crippen molar-refractivity contribution in [1.29, 1.82) is 0 Å². The average Bonchev–Trinajstić information content (AvgIpc) is 0.784. The first-order valence-electron chi connectivity index (χ1n) is 42.6. The molecule has 4 amide bonds. The van der Waals surface area contributed by atoms with Crippen LogP contribution in [0, 0.1) is 159 Å². The van der Waals surface area contributed by atoms with Crippen LogP contribution in [0.15, 0.2) is 121 Å². The number of cyclic esters (lactones) is 2. The summed E-state index contributed by atoms with van der Waals surface area (Å²) < 4.78 is 248. The van der Waals surface area contributed by atoms with E-state index >= 15 is 0 Å². The molecule has 3 atom stereocenters. The number of carbonyl (C=O) groups is 6. The van der Waals surface area contributed by atoms with Crippen LogP contribution in [0.1, 0.15) is 107 Å². The van der Waals surface area contributed by atoms with Crippen molar-refractivity contribution in [3.8, 4) is 103 Å². The molecule has 34 nitrogen and oxygen atoms in total. The number of halogens is 13. The topological polar surface area (TPSA) is 436 Å². The summed E-state index contributed by atoms with van der Waals surface area (Å²) in [6, 6.07) is 29.4. The summed E-state index contributed by atoms with van der Waals surface area (Å²) in [5.41, 5.74) is 1.04. The summed E-state index contributed by atoms with van der Waals surface area (Å²) in [6.45, 7) is 18.2. The predicted octanol–water partition coefficient (Wildman–Crippen LogP) is 17.6. The monoisotopic (exact) mass is 2140 g/mol. The molecule has 0 aliphatic carbocycles. The number of nitrogens with zero attached hydrogens (tertiary/aromatic N) is 4. The van der Waals surface area contributed by atoms with Crippen molar-refractivity contribution < 1.29 is 288 Å². The molecule has 3 fully saturated rings. The Labute approximate surface area is 925 Å². The minimum absolute atomic E-state index is 0. The minimum atomic E-state index is -1.21. The summed E-state index contributed by atoms with van der Waals surface area (Å²) in [4.78, 5) is 91.0. The van der Waals surface area contributed by atoms with Crippen molar-refractivity contribution in [1.82, 2.24) is 5.32 Å². The molecular formula is C99H97F13K2N6O28. The van der Waals surface area contributed by atoms with E-state index in [1.807, 2.05) is 30.3 Å². The number of rotatable bonds is 14. The Morgan fingerprint density at radius 3 is 1.14 bits per heavy atom. The molecule has 0 bridgehead atoms. The van der Waals surface area contributed by atoms with Gasteiger partial charge in [0.25, 0.3) is 17.8 Å². The molecule has 7 heterocycles. The van der Waals surface area contributed by atoms with Gasteiger partial charge in [-0.25, -0.2) is 67.1 Å². The van der Waals surface area contributed by atoms with E-state index < -0.39 is 134 Å². The van der Waals surface area contributed by atoms with Gasteiger partial charge in [0.2, 0.25) is 5.91 Å². The predicted molar refractivity (Wildman–Crippen MR) is 496 cm³/mol. The maximum Gasteiger partial charge on any atom is 1.00 e. The van der Waals surface area contributed by atoms with Gasteiger partial charge in [-0.15, -0.1) is 0 Å². The molecule has 7 aliphatic heterocycles. The van der Waals surface area contributed by atoms with Gasteiger partial charge in [-0.05, 0) is 123 Å². The molecule has 18 rings (SSSR count). The Morgan fingerprint density at radius 2 is 0.804 bits per heavy atom. The van der Waals surface area contributed by atoms with E-state index in [2.05, 4.69) is 15.5 Å². The number of aliphatic hydroxyl groups is 1. The van der Waals surface area contributed by atoms with Crippen LogP contribution in [-0.4, -0.2) is 127 Å². The largest absolute Gasteiger partial charge is 1.00 e. The summed E-state index contributed by atoms with van der Waals surface area (Å²) in [5.74, 6) is -11.2. The van der Waals surface area contributed by atoms with Gasteiger partial charge in [0, 0.05) is 105 Å². The number of epoxide rings is 1. The molecule has 11 aromatic carbocycles. The number of benzene rings is 11. The zero-order chi connectivity index (χ0) is 106. The fraction of sp³-hybridized carbons (Fsp3) is 0.273. The molecule has 5 N–H and O–H groups in total. The van der Waals surface area contributed by atoms with Crippen LogP contribution >= 0.6 is 0 Å². The van der Waals surface area contributed by atoms with Crippen LogP contribution in [-0.2, 0) is 49.6 Å². The number of non-ortho nitro benzene ring substituents is 2. The standard InChI is InChI=1S/C22H17F2NO4.C20H18F2N2O5.C18H15F2NO5.C14H9F2NO4.C8H8F2O2.C6H3F2NO2.C6H10O3.CH3F.CH2O3.3CH4.2K.H/c1-12-18(23)19(24)13(2)21-20(12)28-16-9-8-15(10-17(16)29-21)25-22(26)27-11-14-6-4-3-5-7-14;1-9-16(21)17(22)10(2)19-18(9)28-14-5-4-12(6-15(14)29-19)24-8-13(27-20(24)26)7-23-11(3)25;1-8-14(19)15(20)9(2)17-16(8)25-12-4-3-10(5-13(12)26-17)21-6-11(7-22)24-18(21)23;1-6-11(15)12(16)7(2)14-13(6)20-9-4-3-8(17(18)19)5-10(9)21-14;1-3-5(9)6(10)4(2)8(12)7(3)11;7-5-2-1-4(9(10)11)3-6(5)8;1-2-6(7)9-4-5-3-8-5;1-2;2-1-4-3;;;;;;/h3-10H,11H2,1-2H3,(H,25,26);4-6,13H,7-8H2,1-3H3,(H,23,25);3-5,11,22H,6-7H2,1-2H3;3-5H,1-2H3;11-12H,1-2H3;1-3H;5H,2-4H2,1H3;1H3;1,3H;3*1H4;;;/q;;;;;;;;;;;;2*+1;-1/p-1/t;13-;11-;;;;5-;;;;;;;;/m.01...1......../s1/i;;;;;;;1D;;;;;;;. The third-order valence-electron chi connectivity index (χ3n) is 21.3. The number of hydrogen-bond donors (Lipinski definition) is 5. The summed E-state index contributed by atoms with van der Waals surface area (Å²) in [5, 5.41) is 61.6. The van der Waals surface area contributed by atoms with E-state index in [9.17, 15) is 101 Å². The number of amides is 4. The van der Waals surface area contributed by atoms with E-state index in [0.29, 0.717) is 59.5 Å². The van der Waals surface area contributed by atoms with Gasteiger partial charge in [0.05, 0.1) is 74.7 Å². The fourth-order valence-electron chi connectivity index (χ4n) is 13.3. The fourth-order valence-corrected chi connectivity index (χ4v) is 13.3. The smallest absolute Gasteiger partial charge is 1.00 e. The Kier molecular flexibility index (Phi) is 46.4. The second-order valence-corrected chi connectivity index (χ2v) is 30.9. The number of hydrogen-bond acceptors (Lipinski definition) is 28. The normalized spacial score (nSPS) is 13.7. The summed E-state index contributed by atoms with van der Waals surface area (Å²) in [7, 11) is -1.00. The van der Waals surface area contributed by atoms with E-state index in [0.717, 1.165) is 18.2 Å². The second-order valence-electron chi connectivity index (χ2n) is 30.9. The van der Waals surface area contributed by atoms with Crippen molar-refractivity contribution in [2.24, 2.45) is 0 Å². The maximum atomic E-state index is 14.1. The zero-order valence-corrected chi connectivity index (χ0v) is 85.2. The van der Waals surface area contributed by atoms with Crippen molar-refractivity contribution in [3.05, 3.63) is 273 Å². The second kappa shape index (κ2) is 55.6. The molecule has 148 heavy (non-hydrogen) atoms. The van der Waals surface area contributed by atoms with Crippen molar-refractivity contribution in [2.75, 3.05) is 61.7 Å². The van der Waals surface area contributed by atoms with E-state index in [-0.39, 0.29) is 320 Å². The number of aromatic hydroxyl groups is 2. The Morgan fingerprint density at radius 1 is 0.480 bits per heavy atom. The average molecular weight is 2150 g/mol. The number of nitrogens with one attached hydrogen (secondary N) is 2. The number of phenols is 2. The number of ether oxygens (including phenoxy) is 13. The SMILES string of the molecule is C.C.C.CC(=O)NC[C@H]1CN(c2ccc3c(c2)Oc2c(C)c(F)c(F)c(C)c2O3)C(=O)O1.CCC(=O)OC[C@H]1CO1.Cc1c(F)c(F)c(C)c2c1Oc1ccc(N3C[C@H](CO)OC3=O)cc1O2.Cc1c(F)c(F)c(C)c2c1Oc1ccc(NC(=O)OCc3ccccc3)cc1O2.Cc1c(F)c(F)c(C)c2c1Oc1ccc([N+](=O)[O-])cc1O2.Cc1c(O)c(O)c(C)c(F)c1F.O=CO[O-].O=[N+]([O-])c1ccc(F)c(F)c1.[2H]CF.[H-].[K+].[K+]. The number of carbonyl (C=O) groups excluding carboxylic acids is 6. The van der Waals surface area contributed by atoms with Crippen LogP contribution in [0.5, 0.6) is 103 Å². The number of anilines is 3. The van der Waals surface area contributed by atoms with Crippen LogP contribution in [0.25, 0.3) is 0 Å². The number of phenolic OH excluding ortho intramolecular Hbond substituents is 2. The first kappa shape index (κ1) is 123. The van der Waals surface area contributed by atoms with E-state index in [1.165, 1.54) is 110 Å².